The summed E-state index contributed by atoms with van der Waals surface area (Å²) < 4.78 is 26.1. The van der Waals surface area contributed by atoms with Gasteiger partial charge >= 0.3 is 0 Å². The van der Waals surface area contributed by atoms with Gasteiger partial charge < -0.3 is 4.90 Å². The van der Waals surface area contributed by atoms with Gasteiger partial charge in [0.25, 0.3) is 0 Å². The number of benzene rings is 1. The predicted octanol–water partition coefficient (Wildman–Crippen LogP) is 2.77. The molecule has 0 radical (unpaired) electrons. The van der Waals surface area contributed by atoms with Gasteiger partial charge in [0.05, 0.1) is 16.5 Å². The molecule has 3 rings (SSSR count). The first-order valence-corrected chi connectivity index (χ1v) is 10.5. The van der Waals surface area contributed by atoms with Crippen molar-refractivity contribution < 1.29 is 8.42 Å². The molecule has 0 atom stereocenters. The van der Waals surface area contributed by atoms with Crippen LogP contribution >= 0.6 is 11.3 Å². The molecule has 1 aromatic heterocycles. The van der Waals surface area contributed by atoms with Crippen LogP contribution in [0.15, 0.2) is 12.1 Å². The Labute approximate surface area is 142 Å². The maximum Gasteiger partial charge on any atom is 0.211 e. The number of rotatable bonds is 3. The fourth-order valence-electron chi connectivity index (χ4n) is 3.19. The Bertz CT molecular complexity index is 821. The lowest BCUT2D eigenvalue weighted by Crippen LogP contribution is -2.45. The normalized spacial score (nSPS) is 17.3. The zero-order valence-electron chi connectivity index (χ0n) is 14.0. The number of nitrogens with zero attached hydrogens (tertiary/aromatic N) is 3. The van der Waals surface area contributed by atoms with E-state index in [4.69, 9.17) is 4.98 Å². The highest BCUT2D eigenvalue weighted by atomic mass is 32.2. The maximum absolute atomic E-state index is 11.7. The fourth-order valence-corrected chi connectivity index (χ4v) is 5.13. The van der Waals surface area contributed by atoms with E-state index in [0.717, 1.165) is 36.6 Å². The van der Waals surface area contributed by atoms with E-state index in [9.17, 15) is 8.42 Å². The first-order valence-electron chi connectivity index (χ1n) is 7.81. The second-order valence-corrected chi connectivity index (χ2v) is 9.47. The topological polar surface area (TPSA) is 53.5 Å². The summed E-state index contributed by atoms with van der Waals surface area (Å²) in [5.74, 6) is 0. The summed E-state index contributed by atoms with van der Waals surface area (Å²) in [6.07, 6.45) is 2.97. The largest absolute Gasteiger partial charge is 0.348 e. The molecule has 23 heavy (non-hydrogen) atoms. The molecular formula is C16H23N3O2S2. The van der Waals surface area contributed by atoms with Crippen LogP contribution < -0.4 is 4.90 Å². The number of hydrogen-bond acceptors (Lipinski definition) is 5. The number of aromatic nitrogens is 1. The Balaban J connectivity index is 1.77. The average Bonchev–Trinajstić information content (AvgIpc) is 2.90. The minimum atomic E-state index is -3.11. The molecule has 0 bridgehead atoms. The summed E-state index contributed by atoms with van der Waals surface area (Å²) in [4.78, 5) is 7.09. The van der Waals surface area contributed by atoms with E-state index in [1.165, 1.54) is 26.4 Å². The van der Waals surface area contributed by atoms with Gasteiger partial charge in [-0.2, -0.15) is 0 Å². The maximum atomic E-state index is 11.7. The van der Waals surface area contributed by atoms with Crippen LogP contribution in [0.2, 0.25) is 0 Å². The summed E-state index contributed by atoms with van der Waals surface area (Å²) >= 11 is 1.73. The van der Waals surface area contributed by atoms with Crippen LogP contribution in [0, 0.1) is 13.8 Å². The number of hydrogen-bond donors (Lipinski definition) is 0. The van der Waals surface area contributed by atoms with Crippen molar-refractivity contribution in [2.24, 2.45) is 0 Å². The van der Waals surface area contributed by atoms with Crippen LogP contribution in [0.5, 0.6) is 0 Å². The lowest BCUT2D eigenvalue weighted by Gasteiger charge is -2.35. The fraction of sp³-hybridized carbons (Fsp3) is 0.562. The summed E-state index contributed by atoms with van der Waals surface area (Å²) in [7, 11) is -1.43. The van der Waals surface area contributed by atoms with Gasteiger partial charge in [0, 0.05) is 26.2 Å². The molecule has 1 fully saturated rings. The molecule has 2 heterocycles. The average molecular weight is 354 g/mol. The van der Waals surface area contributed by atoms with E-state index < -0.39 is 10.0 Å². The lowest BCUT2D eigenvalue weighted by atomic mass is 10.1. The molecule has 126 valence electrons. The van der Waals surface area contributed by atoms with E-state index in [1.54, 1.807) is 18.4 Å². The van der Waals surface area contributed by atoms with Crippen molar-refractivity contribution in [2.75, 3.05) is 31.3 Å². The zero-order valence-corrected chi connectivity index (χ0v) is 15.7. The van der Waals surface area contributed by atoms with Crippen LogP contribution in [-0.2, 0) is 10.0 Å². The van der Waals surface area contributed by atoms with E-state index in [0.29, 0.717) is 0 Å². The van der Waals surface area contributed by atoms with Gasteiger partial charge in [-0.05, 0) is 43.9 Å². The first-order chi connectivity index (χ1) is 10.8. The summed E-state index contributed by atoms with van der Waals surface area (Å²) in [5.41, 5.74) is 3.57. The second-order valence-electron chi connectivity index (χ2n) is 6.42. The van der Waals surface area contributed by atoms with Gasteiger partial charge in [-0.15, -0.1) is 0 Å². The molecule has 0 N–H and O–H groups in total. The lowest BCUT2D eigenvalue weighted by molar-refractivity contribution is 0.314. The molecule has 2 aromatic rings. The third kappa shape index (κ3) is 3.36. The zero-order chi connectivity index (χ0) is 16.8. The second kappa shape index (κ2) is 6.03. The van der Waals surface area contributed by atoms with Crippen LogP contribution in [0.1, 0.15) is 24.0 Å². The Kier molecular flexibility index (Phi) is 4.37. The van der Waals surface area contributed by atoms with Crippen molar-refractivity contribution in [1.82, 2.24) is 9.29 Å². The summed E-state index contributed by atoms with van der Waals surface area (Å²) in [5, 5.41) is 1.05. The van der Waals surface area contributed by atoms with Crippen molar-refractivity contribution in [3.63, 3.8) is 0 Å². The highest BCUT2D eigenvalue weighted by Gasteiger charge is 2.28. The molecule has 1 aromatic carbocycles. The highest BCUT2D eigenvalue weighted by Crippen LogP contribution is 2.33. The van der Waals surface area contributed by atoms with Gasteiger partial charge in [-0.1, -0.05) is 17.4 Å². The smallest absolute Gasteiger partial charge is 0.211 e. The molecular weight excluding hydrogens is 330 g/mol. The molecule has 7 heteroatoms. The number of aryl methyl sites for hydroxylation is 2. The Morgan fingerprint density at radius 3 is 2.52 bits per heavy atom. The van der Waals surface area contributed by atoms with Crippen LogP contribution in [0.4, 0.5) is 5.13 Å². The van der Waals surface area contributed by atoms with Gasteiger partial charge in [-0.3, -0.25) is 0 Å². The minimum Gasteiger partial charge on any atom is -0.348 e. The number of thiazole rings is 1. The van der Waals surface area contributed by atoms with Crippen LogP contribution in [-0.4, -0.2) is 50.1 Å². The van der Waals surface area contributed by atoms with Crippen LogP contribution in [0.25, 0.3) is 10.2 Å². The third-order valence-electron chi connectivity index (χ3n) is 4.59. The van der Waals surface area contributed by atoms with Crippen molar-refractivity contribution in [1.29, 1.82) is 0 Å². The van der Waals surface area contributed by atoms with Crippen LogP contribution in [0.3, 0.4) is 0 Å². The van der Waals surface area contributed by atoms with E-state index in [2.05, 4.69) is 30.9 Å². The van der Waals surface area contributed by atoms with Gasteiger partial charge in [-0.25, -0.2) is 17.7 Å². The van der Waals surface area contributed by atoms with Crippen molar-refractivity contribution in [2.45, 2.75) is 32.7 Å². The molecule has 0 spiro atoms. The van der Waals surface area contributed by atoms with Gasteiger partial charge in [0.2, 0.25) is 10.0 Å². The number of piperidine rings is 1. The number of fused-ring (bicyclic) bond motifs is 1. The molecule has 5 nitrogen and oxygen atoms in total. The quantitative estimate of drug-likeness (QED) is 0.851. The Morgan fingerprint density at radius 2 is 1.91 bits per heavy atom. The van der Waals surface area contributed by atoms with Crippen molar-refractivity contribution in [3.8, 4) is 0 Å². The Hall–Kier alpha value is -1.18. The van der Waals surface area contributed by atoms with Gasteiger partial charge in [0.15, 0.2) is 5.13 Å². The monoisotopic (exact) mass is 353 g/mol. The molecule has 0 unspecified atom stereocenters. The SMILES string of the molecule is Cc1cc(C)c2nc(N3CCC(N(C)S(C)(=O)=O)CC3)sc2c1. The minimum absolute atomic E-state index is 0.0969. The number of sulfonamides is 1. The molecule has 1 aliphatic rings. The Morgan fingerprint density at radius 1 is 1.26 bits per heavy atom. The molecule has 0 aliphatic carbocycles. The standard InChI is InChI=1S/C16H23N3O2S2/c1-11-9-12(2)15-14(10-11)22-16(17-15)19-7-5-13(6-8-19)18(3)23(4,20)21/h9-10,13H,5-8H2,1-4H3. The summed E-state index contributed by atoms with van der Waals surface area (Å²) in [6, 6.07) is 4.45. The number of anilines is 1. The van der Waals surface area contributed by atoms with Crippen molar-refractivity contribution >= 4 is 36.7 Å². The third-order valence-corrected chi connectivity index (χ3v) is 7.00. The predicted molar refractivity (Wildman–Crippen MR) is 96.9 cm³/mol. The highest BCUT2D eigenvalue weighted by molar-refractivity contribution is 7.88. The van der Waals surface area contributed by atoms with E-state index in [-0.39, 0.29) is 6.04 Å². The van der Waals surface area contributed by atoms with E-state index in [1.807, 2.05) is 0 Å². The summed E-state index contributed by atoms with van der Waals surface area (Å²) in [6.45, 7) is 5.91. The molecule has 1 saturated heterocycles. The molecule has 1 aliphatic heterocycles. The van der Waals surface area contributed by atoms with Gasteiger partial charge in [0.1, 0.15) is 0 Å². The van der Waals surface area contributed by atoms with Crippen molar-refractivity contribution in [3.05, 3.63) is 23.3 Å². The molecule has 0 saturated carbocycles. The van der Waals surface area contributed by atoms with E-state index >= 15 is 0 Å². The first kappa shape index (κ1) is 16.7. The molecule has 0 amide bonds.